The van der Waals surface area contributed by atoms with E-state index in [1.807, 2.05) is 11.8 Å². The van der Waals surface area contributed by atoms with E-state index in [0.717, 1.165) is 31.0 Å². The number of thioether (sulfide) groups is 1. The van der Waals surface area contributed by atoms with E-state index in [1.54, 1.807) is 0 Å². The minimum atomic E-state index is -3.00. The summed E-state index contributed by atoms with van der Waals surface area (Å²) in [4.78, 5) is 6.35. The third kappa shape index (κ3) is 4.94. The number of nitrogens with two attached hydrogens (primary N) is 1. The quantitative estimate of drug-likeness (QED) is 0.395. The van der Waals surface area contributed by atoms with Crippen LogP contribution in [0.25, 0.3) is 0 Å². The molecule has 2 N–H and O–H groups in total. The third-order valence-corrected chi connectivity index (χ3v) is 6.06. The number of aliphatic imine (C=N–C) groups is 1. The van der Waals surface area contributed by atoms with Gasteiger partial charge in [0.1, 0.15) is 0 Å². The van der Waals surface area contributed by atoms with E-state index in [1.165, 1.54) is 4.31 Å². The van der Waals surface area contributed by atoms with Crippen LogP contribution in [0.5, 0.6) is 0 Å². The highest BCUT2D eigenvalue weighted by Crippen LogP contribution is 2.12. The highest BCUT2D eigenvalue weighted by molar-refractivity contribution is 14.0. The van der Waals surface area contributed by atoms with Crippen LogP contribution in [0, 0.1) is 0 Å². The highest BCUT2D eigenvalue weighted by Gasteiger charge is 2.27. The summed E-state index contributed by atoms with van der Waals surface area (Å²) < 4.78 is 24.7. The minimum absolute atomic E-state index is 0. The molecule has 2 heterocycles. The van der Waals surface area contributed by atoms with Crippen molar-refractivity contribution >= 4 is 51.7 Å². The summed E-state index contributed by atoms with van der Waals surface area (Å²) in [6, 6.07) is 0. The molecule has 112 valence electrons. The molecule has 0 aliphatic carbocycles. The fourth-order valence-electron chi connectivity index (χ4n) is 2.11. The molecule has 0 aromatic heterocycles. The predicted molar refractivity (Wildman–Crippen MR) is 90.8 cm³/mol. The Morgan fingerprint density at radius 2 is 1.95 bits per heavy atom. The van der Waals surface area contributed by atoms with Gasteiger partial charge in [0.15, 0.2) is 5.96 Å². The van der Waals surface area contributed by atoms with Gasteiger partial charge in [-0.2, -0.15) is 11.8 Å². The molecule has 2 rings (SSSR count). The number of sulfonamides is 1. The van der Waals surface area contributed by atoms with Gasteiger partial charge in [-0.3, -0.25) is 4.99 Å². The average molecular weight is 420 g/mol. The molecule has 6 nitrogen and oxygen atoms in total. The molecule has 2 fully saturated rings. The van der Waals surface area contributed by atoms with Crippen LogP contribution in [0.3, 0.4) is 0 Å². The molecule has 2 aliphatic rings. The maximum atomic E-state index is 11.6. The molecule has 2 saturated heterocycles. The lowest BCUT2D eigenvalue weighted by Crippen LogP contribution is -2.43. The van der Waals surface area contributed by atoms with Crippen molar-refractivity contribution in [1.82, 2.24) is 9.21 Å². The van der Waals surface area contributed by atoms with Crippen molar-refractivity contribution < 1.29 is 8.42 Å². The molecule has 2 aliphatic heterocycles. The lowest BCUT2D eigenvalue weighted by atomic mass is 10.5. The molecule has 0 aromatic carbocycles. The Hall–Kier alpha value is 0.260. The van der Waals surface area contributed by atoms with Gasteiger partial charge < -0.3 is 10.6 Å². The molecule has 19 heavy (non-hydrogen) atoms. The number of rotatable bonds is 3. The molecule has 0 saturated carbocycles. The first-order valence-corrected chi connectivity index (χ1v) is 8.96. The van der Waals surface area contributed by atoms with E-state index < -0.39 is 10.0 Å². The van der Waals surface area contributed by atoms with Crippen LogP contribution in [0.4, 0.5) is 0 Å². The van der Waals surface area contributed by atoms with Gasteiger partial charge in [-0.1, -0.05) is 0 Å². The largest absolute Gasteiger partial charge is 0.370 e. The maximum absolute atomic E-state index is 11.6. The second-order valence-corrected chi connectivity index (χ2v) is 7.72. The second-order valence-electron chi connectivity index (χ2n) is 4.41. The number of halogens is 1. The average Bonchev–Trinajstić information content (AvgIpc) is 2.70. The molecular formula is C10H21IN4O2S2. The Labute approximate surface area is 136 Å². The van der Waals surface area contributed by atoms with Crippen molar-refractivity contribution in [3.8, 4) is 0 Å². The van der Waals surface area contributed by atoms with Crippen molar-refractivity contribution in [3.05, 3.63) is 0 Å². The van der Waals surface area contributed by atoms with E-state index >= 15 is 0 Å². The first kappa shape index (κ1) is 17.3. The molecule has 9 heteroatoms. The Bertz CT molecular complexity index is 410. The summed E-state index contributed by atoms with van der Waals surface area (Å²) in [7, 11) is -3.00. The Kier molecular flexibility index (Phi) is 7.19. The summed E-state index contributed by atoms with van der Waals surface area (Å²) in [6.45, 7) is 3.39. The monoisotopic (exact) mass is 420 g/mol. The molecule has 0 atom stereocenters. The van der Waals surface area contributed by atoms with Crippen LogP contribution in [0.1, 0.15) is 6.42 Å². The predicted octanol–water partition coefficient (Wildman–Crippen LogP) is 0.00340. The first-order chi connectivity index (χ1) is 8.59. The molecule has 0 unspecified atom stereocenters. The maximum Gasteiger partial charge on any atom is 0.214 e. The van der Waals surface area contributed by atoms with E-state index in [-0.39, 0.29) is 29.7 Å². The molecular weight excluding hydrogens is 399 g/mol. The van der Waals surface area contributed by atoms with Gasteiger partial charge in [0, 0.05) is 37.7 Å². The van der Waals surface area contributed by atoms with Crippen LogP contribution in [0.2, 0.25) is 0 Å². The highest BCUT2D eigenvalue weighted by atomic mass is 127. The topological polar surface area (TPSA) is 79.0 Å². The molecule has 0 aromatic rings. The Morgan fingerprint density at radius 3 is 2.53 bits per heavy atom. The summed E-state index contributed by atoms with van der Waals surface area (Å²) in [6.07, 6.45) is 0.727. The van der Waals surface area contributed by atoms with Gasteiger partial charge in [-0.05, 0) is 6.42 Å². The van der Waals surface area contributed by atoms with Gasteiger partial charge in [-0.25, -0.2) is 12.7 Å². The first-order valence-electron chi connectivity index (χ1n) is 6.20. The Morgan fingerprint density at radius 1 is 1.26 bits per heavy atom. The van der Waals surface area contributed by atoms with Gasteiger partial charge in [0.25, 0.3) is 0 Å². The number of guanidine groups is 1. The molecule has 0 radical (unpaired) electrons. The van der Waals surface area contributed by atoms with E-state index in [9.17, 15) is 8.42 Å². The summed E-state index contributed by atoms with van der Waals surface area (Å²) >= 11 is 1.92. The number of hydrogen-bond acceptors (Lipinski definition) is 4. The van der Waals surface area contributed by atoms with Crippen molar-refractivity contribution in [2.75, 3.05) is 50.0 Å². The van der Waals surface area contributed by atoms with Crippen LogP contribution < -0.4 is 5.73 Å². The van der Waals surface area contributed by atoms with E-state index in [0.29, 0.717) is 25.6 Å². The number of nitrogens with zero attached hydrogens (tertiary/aromatic N) is 3. The fourth-order valence-corrected chi connectivity index (χ4v) is 4.53. The second kappa shape index (κ2) is 7.89. The zero-order valence-corrected chi connectivity index (χ0v) is 14.8. The van der Waals surface area contributed by atoms with Crippen LogP contribution >= 0.6 is 35.7 Å². The van der Waals surface area contributed by atoms with E-state index in [2.05, 4.69) is 9.89 Å². The smallest absolute Gasteiger partial charge is 0.214 e. The molecule has 0 amide bonds. The van der Waals surface area contributed by atoms with Gasteiger partial charge in [0.05, 0.1) is 12.3 Å². The van der Waals surface area contributed by atoms with Crippen molar-refractivity contribution in [1.29, 1.82) is 0 Å². The van der Waals surface area contributed by atoms with Crippen molar-refractivity contribution in [2.45, 2.75) is 6.42 Å². The summed E-state index contributed by atoms with van der Waals surface area (Å²) in [5.74, 6) is 2.98. The molecule has 0 spiro atoms. The van der Waals surface area contributed by atoms with Gasteiger partial charge >= 0.3 is 0 Å². The summed E-state index contributed by atoms with van der Waals surface area (Å²) in [5, 5.41) is 0. The van der Waals surface area contributed by atoms with Crippen LogP contribution in [-0.4, -0.2) is 73.6 Å². The fraction of sp³-hybridized carbons (Fsp3) is 0.900. The normalized spacial score (nSPS) is 24.2. The van der Waals surface area contributed by atoms with Crippen molar-refractivity contribution in [3.63, 3.8) is 0 Å². The summed E-state index contributed by atoms with van der Waals surface area (Å²) in [5.41, 5.74) is 5.90. The van der Waals surface area contributed by atoms with Crippen LogP contribution in [0.15, 0.2) is 4.99 Å². The standard InChI is InChI=1S/C10H20N4O2S2.HI/c11-10(13-5-7-17-8-6-13)12-2-4-14-3-1-9-18(14,15)16;/h1-9H2,(H2,11,12);1H. The van der Waals surface area contributed by atoms with Crippen molar-refractivity contribution in [2.24, 2.45) is 10.7 Å². The van der Waals surface area contributed by atoms with Crippen LogP contribution in [-0.2, 0) is 10.0 Å². The minimum Gasteiger partial charge on any atom is -0.370 e. The van der Waals surface area contributed by atoms with E-state index in [4.69, 9.17) is 5.73 Å². The molecule has 0 bridgehead atoms. The Balaban J connectivity index is 0.00000180. The lowest BCUT2D eigenvalue weighted by molar-refractivity contribution is 0.440. The van der Waals surface area contributed by atoms with Gasteiger partial charge in [-0.15, -0.1) is 24.0 Å². The third-order valence-electron chi connectivity index (χ3n) is 3.16. The number of hydrogen-bond donors (Lipinski definition) is 1. The van der Waals surface area contributed by atoms with Gasteiger partial charge in [0.2, 0.25) is 10.0 Å². The lowest BCUT2D eigenvalue weighted by Gasteiger charge is -2.27. The zero-order chi connectivity index (χ0) is 13.0. The zero-order valence-electron chi connectivity index (χ0n) is 10.8. The SMILES string of the molecule is I.NC(=NCCN1CCCS1(=O)=O)N1CCSCC1.